The zero-order valence-electron chi connectivity index (χ0n) is 11.0. The van der Waals surface area contributed by atoms with Gasteiger partial charge in [-0.25, -0.2) is 8.97 Å². The van der Waals surface area contributed by atoms with Crippen molar-refractivity contribution in [1.82, 2.24) is 0 Å². The van der Waals surface area contributed by atoms with Crippen LogP contribution in [0.1, 0.15) is 11.5 Å². The van der Waals surface area contributed by atoms with E-state index in [0.29, 0.717) is 5.56 Å². The highest BCUT2D eigenvalue weighted by Gasteiger charge is 2.22. The molecule has 1 N–H and O–H groups in total. The van der Waals surface area contributed by atoms with Crippen LogP contribution >= 0.6 is 0 Å². The number of rotatable bonds is 4. The molecule has 2 rings (SSSR count). The van der Waals surface area contributed by atoms with E-state index in [1.54, 1.807) is 54.2 Å². The van der Waals surface area contributed by atoms with Gasteiger partial charge >= 0.3 is 5.97 Å². The highest BCUT2D eigenvalue weighted by atomic mass is 19.1. The molecular weight excluding hydrogens is 257 g/mol. The molecule has 4 heteroatoms. The van der Waals surface area contributed by atoms with Crippen LogP contribution in [0.3, 0.4) is 0 Å². The number of hydrogen-bond acceptors (Lipinski definition) is 1. The molecule has 0 amide bonds. The summed E-state index contributed by atoms with van der Waals surface area (Å²) in [6, 6.07) is 14.9. The van der Waals surface area contributed by atoms with Gasteiger partial charge in [-0.15, -0.1) is 0 Å². The van der Waals surface area contributed by atoms with E-state index in [-0.39, 0.29) is 5.82 Å². The van der Waals surface area contributed by atoms with Crippen molar-refractivity contribution >= 4 is 17.9 Å². The van der Waals surface area contributed by atoms with Gasteiger partial charge in [-0.3, -0.25) is 4.79 Å². The number of hydrogen-bond donors (Lipinski definition) is 1. The third-order valence-electron chi connectivity index (χ3n) is 3.03. The van der Waals surface area contributed by atoms with Gasteiger partial charge in [0.1, 0.15) is 12.9 Å². The normalized spacial score (nSPS) is 13.0. The Morgan fingerprint density at radius 3 is 2.30 bits per heavy atom. The molecular formula is C16H15FNO2+. The molecule has 1 atom stereocenters. The zero-order valence-corrected chi connectivity index (χ0v) is 11.0. The summed E-state index contributed by atoms with van der Waals surface area (Å²) in [7, 11) is 1.74. The standard InChI is InChI=1S/C16H14FNO2/c1-18(14-9-7-13(17)8-10-14)11-15(16(19)20)12-5-3-2-4-6-12/h2-11,15H,1H3/p+1. The third-order valence-corrected chi connectivity index (χ3v) is 3.03. The van der Waals surface area contributed by atoms with Crippen molar-refractivity contribution in [2.24, 2.45) is 0 Å². The molecule has 0 radical (unpaired) electrons. The summed E-state index contributed by atoms with van der Waals surface area (Å²) >= 11 is 0. The number of aliphatic carboxylic acids is 1. The van der Waals surface area contributed by atoms with Crippen molar-refractivity contribution in [2.75, 3.05) is 7.05 Å². The Balaban J connectivity index is 2.34. The lowest BCUT2D eigenvalue weighted by atomic mass is 10.0. The lowest BCUT2D eigenvalue weighted by molar-refractivity contribution is -0.401. The molecule has 2 aromatic carbocycles. The fourth-order valence-electron chi connectivity index (χ4n) is 1.94. The fourth-order valence-corrected chi connectivity index (χ4v) is 1.94. The van der Waals surface area contributed by atoms with Crippen LogP contribution < -0.4 is 0 Å². The average Bonchev–Trinajstić information content (AvgIpc) is 2.46. The van der Waals surface area contributed by atoms with Gasteiger partial charge in [-0.05, 0) is 17.7 Å². The minimum Gasteiger partial charge on any atom is -0.480 e. The van der Waals surface area contributed by atoms with E-state index in [1.807, 2.05) is 6.07 Å². The first kappa shape index (κ1) is 13.9. The van der Waals surface area contributed by atoms with Crippen LogP contribution in [-0.4, -0.2) is 28.9 Å². The molecule has 0 saturated carbocycles. The molecule has 0 aliphatic carbocycles. The SMILES string of the molecule is C[N+](=CC(C(=O)O)c1ccccc1)c1ccc(F)cc1. The number of carboxylic acid groups (broad SMARTS) is 1. The molecule has 102 valence electrons. The zero-order chi connectivity index (χ0) is 14.5. The van der Waals surface area contributed by atoms with Crippen molar-refractivity contribution in [3.63, 3.8) is 0 Å². The van der Waals surface area contributed by atoms with E-state index in [4.69, 9.17) is 0 Å². The Kier molecular flexibility index (Phi) is 4.25. The number of nitrogens with zero attached hydrogens (tertiary/aromatic N) is 1. The monoisotopic (exact) mass is 272 g/mol. The van der Waals surface area contributed by atoms with Gasteiger partial charge in [-0.2, -0.15) is 0 Å². The third kappa shape index (κ3) is 3.29. The predicted molar refractivity (Wildman–Crippen MR) is 75.1 cm³/mol. The minimum absolute atomic E-state index is 0.319. The Morgan fingerprint density at radius 1 is 1.15 bits per heavy atom. The lowest BCUT2D eigenvalue weighted by Crippen LogP contribution is -2.17. The molecule has 0 aliphatic rings. The van der Waals surface area contributed by atoms with E-state index in [1.165, 1.54) is 12.1 Å². The topological polar surface area (TPSA) is 40.3 Å². The van der Waals surface area contributed by atoms with Crippen LogP contribution in [0.15, 0.2) is 54.6 Å². The van der Waals surface area contributed by atoms with Gasteiger partial charge in [0.25, 0.3) is 0 Å². The Hall–Kier alpha value is -2.49. The van der Waals surface area contributed by atoms with Crippen molar-refractivity contribution in [3.05, 3.63) is 66.0 Å². The second kappa shape index (κ2) is 6.10. The van der Waals surface area contributed by atoms with E-state index < -0.39 is 11.9 Å². The number of carboxylic acids is 1. The van der Waals surface area contributed by atoms with Crippen molar-refractivity contribution in [3.8, 4) is 0 Å². The van der Waals surface area contributed by atoms with E-state index in [2.05, 4.69) is 0 Å². The Bertz CT molecular complexity index is 621. The first-order valence-corrected chi connectivity index (χ1v) is 6.19. The molecule has 0 bridgehead atoms. The summed E-state index contributed by atoms with van der Waals surface area (Å²) < 4.78 is 14.6. The second-order valence-corrected chi connectivity index (χ2v) is 4.46. The van der Waals surface area contributed by atoms with Crippen LogP contribution in [0.5, 0.6) is 0 Å². The molecule has 0 saturated heterocycles. The molecule has 0 aromatic heterocycles. The van der Waals surface area contributed by atoms with E-state index in [0.717, 1.165) is 5.69 Å². The van der Waals surface area contributed by atoms with Crippen LogP contribution in [-0.2, 0) is 4.79 Å². The Morgan fingerprint density at radius 2 is 1.75 bits per heavy atom. The molecule has 0 spiro atoms. The number of carbonyl (C=O) groups is 1. The summed E-state index contributed by atoms with van der Waals surface area (Å²) in [5.41, 5.74) is 1.43. The van der Waals surface area contributed by atoms with E-state index in [9.17, 15) is 14.3 Å². The Labute approximate surface area is 116 Å². The van der Waals surface area contributed by atoms with Crippen molar-refractivity contribution < 1.29 is 18.9 Å². The number of benzene rings is 2. The lowest BCUT2D eigenvalue weighted by Gasteiger charge is -2.06. The smallest absolute Gasteiger partial charge is 0.321 e. The van der Waals surface area contributed by atoms with Gasteiger partial charge in [0.15, 0.2) is 12.1 Å². The average molecular weight is 272 g/mol. The van der Waals surface area contributed by atoms with Gasteiger partial charge in [0, 0.05) is 12.1 Å². The maximum atomic E-state index is 12.9. The molecule has 2 aromatic rings. The van der Waals surface area contributed by atoms with Crippen molar-refractivity contribution in [1.29, 1.82) is 0 Å². The van der Waals surface area contributed by atoms with Crippen LogP contribution in [0.4, 0.5) is 10.1 Å². The highest BCUT2D eigenvalue weighted by Crippen LogP contribution is 2.16. The predicted octanol–water partition coefficient (Wildman–Crippen LogP) is 3.04. The van der Waals surface area contributed by atoms with Gasteiger partial charge in [-0.1, -0.05) is 30.3 Å². The molecule has 20 heavy (non-hydrogen) atoms. The summed E-state index contributed by atoms with van der Waals surface area (Å²) in [6.45, 7) is 0. The van der Waals surface area contributed by atoms with Gasteiger partial charge in [0.2, 0.25) is 5.69 Å². The first-order valence-electron chi connectivity index (χ1n) is 6.19. The molecule has 0 heterocycles. The summed E-state index contributed by atoms with van der Waals surface area (Å²) in [5.74, 6) is -1.99. The number of halogens is 1. The van der Waals surface area contributed by atoms with Crippen LogP contribution in [0.2, 0.25) is 0 Å². The maximum Gasteiger partial charge on any atom is 0.321 e. The summed E-state index contributed by atoms with van der Waals surface area (Å²) in [6.07, 6.45) is 1.60. The van der Waals surface area contributed by atoms with E-state index >= 15 is 0 Å². The molecule has 0 aliphatic heterocycles. The fraction of sp³-hybridized carbons (Fsp3) is 0.125. The second-order valence-electron chi connectivity index (χ2n) is 4.46. The molecule has 1 unspecified atom stereocenters. The first-order chi connectivity index (χ1) is 9.58. The van der Waals surface area contributed by atoms with Crippen LogP contribution in [0.25, 0.3) is 0 Å². The quantitative estimate of drug-likeness (QED) is 0.686. The van der Waals surface area contributed by atoms with Crippen LogP contribution in [0, 0.1) is 5.82 Å². The molecule has 0 fully saturated rings. The minimum atomic E-state index is -0.926. The highest BCUT2D eigenvalue weighted by molar-refractivity contribution is 5.93. The van der Waals surface area contributed by atoms with Gasteiger partial charge in [0.05, 0.1) is 0 Å². The van der Waals surface area contributed by atoms with Crippen molar-refractivity contribution in [2.45, 2.75) is 5.92 Å². The maximum absolute atomic E-state index is 12.9. The molecule has 3 nitrogen and oxygen atoms in total. The summed E-state index contributed by atoms with van der Waals surface area (Å²) in [5, 5.41) is 9.35. The summed E-state index contributed by atoms with van der Waals surface area (Å²) in [4.78, 5) is 11.4. The van der Waals surface area contributed by atoms with Gasteiger partial charge < -0.3 is 5.11 Å². The largest absolute Gasteiger partial charge is 0.480 e.